The zero-order valence-corrected chi connectivity index (χ0v) is 21.7. The molecule has 2 aliphatic heterocycles. The molecule has 38 heavy (non-hydrogen) atoms. The van der Waals surface area contributed by atoms with E-state index in [1.165, 1.54) is 12.1 Å². The number of carbonyl (C=O) groups excluding carboxylic acids is 1. The van der Waals surface area contributed by atoms with Crippen LogP contribution in [0.4, 0.5) is 27.6 Å². The Balaban J connectivity index is 1.56. The number of fused-ring (bicyclic) bond motifs is 1. The molecular formula is C24H28F5N5O3S. The Hall–Kier alpha value is -3.13. The zero-order valence-electron chi connectivity index (χ0n) is 20.8. The SMILES string of the molecule is CC1(C)C(N)=N[C@](C)(c2cc(NC(=O)c3ccc(OCC(F)(F)C(F)F)cn3)ccc2F)[C@@H]2CCN[SH]21=O. The summed E-state index contributed by atoms with van der Waals surface area (Å²) < 4.78 is 86.6. The van der Waals surface area contributed by atoms with Gasteiger partial charge in [0.05, 0.1) is 16.2 Å². The Labute approximate surface area is 216 Å². The summed E-state index contributed by atoms with van der Waals surface area (Å²) in [6, 6.07) is 6.17. The molecule has 2 aromatic rings. The van der Waals surface area contributed by atoms with E-state index in [9.17, 15) is 26.6 Å². The smallest absolute Gasteiger partial charge is 0.340 e. The third-order valence-corrected chi connectivity index (χ3v) is 11.4. The van der Waals surface area contributed by atoms with Crippen molar-refractivity contribution in [2.45, 2.75) is 55.1 Å². The quantitative estimate of drug-likeness (QED) is 0.305. The first-order chi connectivity index (χ1) is 17.6. The first kappa shape index (κ1) is 27.9. The molecule has 1 fully saturated rings. The molecule has 3 heterocycles. The second-order valence-electron chi connectivity index (χ2n) is 9.95. The normalized spacial score (nSPS) is 24.9. The van der Waals surface area contributed by atoms with Crippen molar-refractivity contribution >= 4 is 27.5 Å². The van der Waals surface area contributed by atoms with Crippen LogP contribution in [0.15, 0.2) is 41.5 Å². The molecule has 8 nitrogen and oxygen atoms in total. The summed E-state index contributed by atoms with van der Waals surface area (Å²) in [5.74, 6) is -5.75. The number of nitrogens with zero attached hydrogens (tertiary/aromatic N) is 2. The summed E-state index contributed by atoms with van der Waals surface area (Å²) in [7, 11) is -3.13. The molecule has 4 N–H and O–H groups in total. The predicted molar refractivity (Wildman–Crippen MR) is 134 cm³/mol. The predicted octanol–water partition coefficient (Wildman–Crippen LogP) is 3.41. The highest BCUT2D eigenvalue weighted by molar-refractivity contribution is 8.04. The molecule has 1 aromatic heterocycles. The molecule has 208 valence electrons. The Bertz CT molecular complexity index is 1320. The highest BCUT2D eigenvalue weighted by Gasteiger charge is 2.58. The summed E-state index contributed by atoms with van der Waals surface area (Å²) in [6.45, 7) is 4.08. The van der Waals surface area contributed by atoms with Gasteiger partial charge in [-0.2, -0.15) is 8.78 Å². The number of alkyl halides is 4. The summed E-state index contributed by atoms with van der Waals surface area (Å²) in [5.41, 5.74) is 5.14. The summed E-state index contributed by atoms with van der Waals surface area (Å²) in [4.78, 5) is 21.2. The third-order valence-electron chi connectivity index (χ3n) is 7.15. The van der Waals surface area contributed by atoms with Crippen LogP contribution in [0.2, 0.25) is 0 Å². The topological polar surface area (TPSA) is 119 Å². The number of nitrogens with two attached hydrogens (primary N) is 1. The van der Waals surface area contributed by atoms with Gasteiger partial charge in [0, 0.05) is 17.8 Å². The number of carbonyl (C=O) groups is 1. The molecule has 4 rings (SSSR count). The first-order valence-electron chi connectivity index (χ1n) is 11.7. The molecule has 0 aliphatic carbocycles. The van der Waals surface area contributed by atoms with Crippen molar-refractivity contribution in [1.82, 2.24) is 9.71 Å². The Kier molecular flexibility index (Phi) is 7.02. The molecule has 1 aromatic carbocycles. The maximum atomic E-state index is 15.2. The highest BCUT2D eigenvalue weighted by Crippen LogP contribution is 2.49. The van der Waals surface area contributed by atoms with Crippen molar-refractivity contribution in [3.63, 3.8) is 0 Å². The maximum absolute atomic E-state index is 15.2. The van der Waals surface area contributed by atoms with E-state index < -0.39 is 56.3 Å². The van der Waals surface area contributed by atoms with Gasteiger partial charge in [-0.25, -0.2) is 18.2 Å². The fourth-order valence-corrected chi connectivity index (χ4v) is 8.43. The van der Waals surface area contributed by atoms with Crippen LogP contribution in [0.1, 0.15) is 43.2 Å². The monoisotopic (exact) mass is 561 g/mol. The fourth-order valence-electron chi connectivity index (χ4n) is 4.78. The number of pyridine rings is 1. The first-order valence-corrected chi connectivity index (χ1v) is 13.5. The lowest BCUT2D eigenvalue weighted by Gasteiger charge is -2.50. The third kappa shape index (κ3) is 4.64. The minimum atomic E-state index is -4.34. The number of hydrogen-bond donors (Lipinski definition) is 4. The molecular weight excluding hydrogens is 533 g/mol. The van der Waals surface area contributed by atoms with Crippen LogP contribution in [0.5, 0.6) is 5.75 Å². The lowest BCUT2D eigenvalue weighted by molar-refractivity contribution is -0.148. The lowest BCUT2D eigenvalue weighted by atomic mass is 9.86. The number of halogens is 5. The van der Waals surface area contributed by atoms with Gasteiger partial charge in [-0.05, 0) is 67.6 Å². The molecule has 14 heteroatoms. The van der Waals surface area contributed by atoms with Crippen LogP contribution in [0.25, 0.3) is 0 Å². The summed E-state index contributed by atoms with van der Waals surface area (Å²) in [6.07, 6.45) is -2.45. The Morgan fingerprint density at radius 3 is 2.63 bits per heavy atom. The second-order valence-corrected chi connectivity index (χ2v) is 13.3. The van der Waals surface area contributed by atoms with Gasteiger partial charge in [0.15, 0.2) is 6.61 Å². The van der Waals surface area contributed by atoms with Crippen molar-refractivity contribution in [3.8, 4) is 5.75 Å². The van der Waals surface area contributed by atoms with Gasteiger partial charge in [-0.3, -0.25) is 18.7 Å². The number of rotatable bonds is 7. The fraction of sp³-hybridized carbons (Fsp3) is 0.458. The minimum absolute atomic E-state index is 0.111. The van der Waals surface area contributed by atoms with Crippen LogP contribution in [-0.2, 0) is 15.7 Å². The van der Waals surface area contributed by atoms with Gasteiger partial charge in [0.25, 0.3) is 5.91 Å². The van der Waals surface area contributed by atoms with E-state index in [0.29, 0.717) is 13.0 Å². The van der Waals surface area contributed by atoms with E-state index in [4.69, 9.17) is 5.73 Å². The van der Waals surface area contributed by atoms with Gasteiger partial charge in [0.2, 0.25) is 0 Å². The molecule has 1 amide bonds. The molecule has 2 atom stereocenters. The summed E-state index contributed by atoms with van der Waals surface area (Å²) in [5, 5.41) is 2.05. The Morgan fingerprint density at radius 2 is 2.00 bits per heavy atom. The second kappa shape index (κ2) is 9.56. The number of amides is 1. The maximum Gasteiger partial charge on any atom is 0.340 e. The molecule has 0 bridgehead atoms. The van der Waals surface area contributed by atoms with Crippen molar-refractivity contribution in [3.05, 3.63) is 53.6 Å². The molecule has 0 spiro atoms. The van der Waals surface area contributed by atoms with Gasteiger partial charge >= 0.3 is 12.3 Å². The van der Waals surface area contributed by atoms with E-state index in [2.05, 4.69) is 24.8 Å². The molecule has 0 radical (unpaired) electrons. The molecule has 2 aliphatic rings. The standard InChI is InChI=1S/C24H28F5N5O3S/c1-22(2)21(30)34-23(3,18-8-9-32-38(18,22)36)15-10-13(4-6-16(15)25)33-19(35)17-7-5-14(11-31-17)37-12-24(28,29)20(26)27/h4-7,10-11,18,20,38H,8-9,12H2,1-3H3,(H2,30,34)(H,32,36)(H,33,35)/t18-,23+/m0/s1. The van der Waals surface area contributed by atoms with Crippen LogP contribution < -0.4 is 20.5 Å². The van der Waals surface area contributed by atoms with E-state index in [1.807, 2.05) is 0 Å². The van der Waals surface area contributed by atoms with Crippen LogP contribution in [0.3, 0.4) is 0 Å². The van der Waals surface area contributed by atoms with E-state index >= 15 is 4.39 Å². The number of amidine groups is 1. The van der Waals surface area contributed by atoms with Gasteiger partial charge in [-0.1, -0.05) is 0 Å². The average molecular weight is 562 g/mol. The number of benzene rings is 1. The van der Waals surface area contributed by atoms with Gasteiger partial charge in [-0.15, -0.1) is 0 Å². The minimum Gasteiger partial charge on any atom is -0.485 e. The van der Waals surface area contributed by atoms with Gasteiger partial charge in [0.1, 0.15) is 28.6 Å². The van der Waals surface area contributed by atoms with Crippen LogP contribution >= 0.6 is 0 Å². The number of nitrogens with one attached hydrogen (secondary N) is 2. The summed E-state index contributed by atoms with van der Waals surface area (Å²) >= 11 is 0. The number of hydrogen-bond acceptors (Lipinski definition) is 6. The van der Waals surface area contributed by atoms with Crippen LogP contribution in [0, 0.1) is 5.82 Å². The molecule has 1 saturated heterocycles. The van der Waals surface area contributed by atoms with E-state index in [-0.39, 0.29) is 28.5 Å². The largest absolute Gasteiger partial charge is 0.485 e. The number of anilines is 1. The number of thiol groups is 1. The van der Waals surface area contributed by atoms with Gasteiger partial charge < -0.3 is 15.8 Å². The average Bonchev–Trinajstić information content (AvgIpc) is 3.28. The molecule has 0 unspecified atom stereocenters. The van der Waals surface area contributed by atoms with Crippen molar-refractivity contribution in [1.29, 1.82) is 0 Å². The Morgan fingerprint density at radius 1 is 1.29 bits per heavy atom. The van der Waals surface area contributed by atoms with Crippen molar-refractivity contribution in [2.75, 3.05) is 18.5 Å². The van der Waals surface area contributed by atoms with E-state index in [0.717, 1.165) is 24.4 Å². The zero-order chi connectivity index (χ0) is 28.1. The van der Waals surface area contributed by atoms with Crippen LogP contribution in [-0.4, -0.2) is 56.4 Å². The van der Waals surface area contributed by atoms with Crippen molar-refractivity contribution < 1.29 is 35.7 Å². The molecule has 0 saturated carbocycles. The lowest BCUT2D eigenvalue weighted by Crippen LogP contribution is -2.64. The number of ether oxygens (including phenoxy) is 1. The number of aromatic nitrogens is 1. The highest BCUT2D eigenvalue weighted by atomic mass is 32.3. The van der Waals surface area contributed by atoms with Crippen molar-refractivity contribution in [2.24, 2.45) is 10.7 Å². The van der Waals surface area contributed by atoms with E-state index in [1.54, 1.807) is 20.8 Å². The number of aliphatic imine (C=N–C) groups is 1.